The molecule has 5 heteroatoms. The summed E-state index contributed by atoms with van der Waals surface area (Å²) in [6.07, 6.45) is 0. The fourth-order valence-electron chi connectivity index (χ4n) is 3.46. The highest BCUT2D eigenvalue weighted by atomic mass is 31.2. The van der Waals surface area contributed by atoms with Crippen LogP contribution in [0.1, 0.15) is 69.5 Å². The van der Waals surface area contributed by atoms with E-state index in [4.69, 9.17) is 9.26 Å². The monoisotopic (exact) mass is 388 g/mol. The van der Waals surface area contributed by atoms with Crippen LogP contribution in [0.15, 0.2) is 36.4 Å². The first-order chi connectivity index (χ1) is 12.3. The van der Waals surface area contributed by atoms with Crippen LogP contribution in [0, 0.1) is 0 Å². The van der Waals surface area contributed by atoms with Crippen LogP contribution in [0.5, 0.6) is 11.5 Å². The van der Waals surface area contributed by atoms with E-state index in [1.54, 1.807) is 7.11 Å². The first-order valence-corrected chi connectivity index (χ1v) is 10.8. The molecule has 1 aliphatic heterocycles. The topological polar surface area (TPSA) is 55.8 Å². The third kappa shape index (κ3) is 3.66. The Kier molecular flexibility index (Phi) is 4.73. The van der Waals surface area contributed by atoms with E-state index in [-0.39, 0.29) is 10.8 Å². The van der Waals surface area contributed by atoms with E-state index in [9.17, 15) is 9.46 Å². The number of hydrogen-bond donors (Lipinski definition) is 1. The van der Waals surface area contributed by atoms with E-state index in [2.05, 4.69) is 47.6 Å². The molecule has 2 aromatic carbocycles. The lowest BCUT2D eigenvalue weighted by molar-refractivity contribution is 0.382. The summed E-state index contributed by atoms with van der Waals surface area (Å²) in [5.41, 5.74) is 2.67. The van der Waals surface area contributed by atoms with Crippen molar-refractivity contribution in [1.82, 2.24) is 0 Å². The summed E-state index contributed by atoms with van der Waals surface area (Å²) < 4.78 is 24.0. The molecule has 2 aromatic rings. The van der Waals surface area contributed by atoms with Gasteiger partial charge in [-0.1, -0.05) is 65.8 Å². The molecule has 0 aromatic heterocycles. The summed E-state index contributed by atoms with van der Waals surface area (Å²) in [5, 5.41) is 0. The van der Waals surface area contributed by atoms with Gasteiger partial charge >= 0.3 is 7.60 Å². The highest BCUT2D eigenvalue weighted by molar-refractivity contribution is 7.54. The number of benzene rings is 2. The molecule has 0 fully saturated rings. The molecule has 27 heavy (non-hydrogen) atoms. The average Bonchev–Trinajstić information content (AvgIpc) is 2.81. The van der Waals surface area contributed by atoms with Crippen LogP contribution in [0.25, 0.3) is 0 Å². The second-order valence-corrected chi connectivity index (χ2v) is 11.1. The van der Waals surface area contributed by atoms with Crippen LogP contribution in [0.3, 0.4) is 0 Å². The molecule has 0 saturated carbocycles. The number of rotatable bonds is 2. The van der Waals surface area contributed by atoms with Crippen molar-refractivity contribution in [2.24, 2.45) is 0 Å². The van der Waals surface area contributed by atoms with Crippen LogP contribution in [-0.2, 0) is 15.4 Å². The lowest BCUT2D eigenvalue weighted by Crippen LogP contribution is -2.17. The van der Waals surface area contributed by atoms with Crippen LogP contribution in [0.4, 0.5) is 0 Å². The van der Waals surface area contributed by atoms with Gasteiger partial charge in [-0.25, -0.2) is 4.57 Å². The molecular formula is C22H29O4P. The zero-order valence-electron chi connectivity index (χ0n) is 17.2. The van der Waals surface area contributed by atoms with Gasteiger partial charge in [0.15, 0.2) is 0 Å². The first-order valence-electron chi connectivity index (χ1n) is 9.19. The third-order valence-corrected chi connectivity index (χ3v) is 6.74. The Hall–Kier alpha value is -1.77. The average molecular weight is 388 g/mol. The van der Waals surface area contributed by atoms with E-state index in [0.717, 1.165) is 22.3 Å². The molecule has 146 valence electrons. The molecule has 4 nitrogen and oxygen atoms in total. The Labute approximate surface area is 162 Å². The van der Waals surface area contributed by atoms with Crippen molar-refractivity contribution in [3.05, 3.63) is 58.7 Å². The molecule has 2 unspecified atom stereocenters. The number of methoxy groups -OCH3 is 1. The first kappa shape index (κ1) is 20.0. The predicted octanol–water partition coefficient (Wildman–Crippen LogP) is 5.96. The minimum absolute atomic E-state index is 0.0818. The quantitative estimate of drug-likeness (QED) is 0.645. The summed E-state index contributed by atoms with van der Waals surface area (Å²) in [7, 11) is -2.29. The van der Waals surface area contributed by atoms with Crippen molar-refractivity contribution in [2.45, 2.75) is 58.0 Å². The van der Waals surface area contributed by atoms with Crippen LogP contribution in [0.2, 0.25) is 0 Å². The lowest BCUT2D eigenvalue weighted by atomic mass is 9.78. The van der Waals surface area contributed by atoms with Crippen molar-refractivity contribution < 1.29 is 18.7 Å². The Morgan fingerprint density at radius 3 is 2.07 bits per heavy atom. The van der Waals surface area contributed by atoms with Gasteiger partial charge in [-0.05, 0) is 34.1 Å². The Morgan fingerprint density at radius 2 is 1.59 bits per heavy atom. The lowest BCUT2D eigenvalue weighted by Gasteiger charge is -2.27. The van der Waals surface area contributed by atoms with Crippen molar-refractivity contribution >= 4 is 7.60 Å². The molecule has 3 rings (SSSR count). The number of hydrogen-bond acceptors (Lipinski definition) is 3. The van der Waals surface area contributed by atoms with Crippen LogP contribution < -0.4 is 9.26 Å². The van der Waals surface area contributed by atoms with Crippen molar-refractivity contribution in [1.29, 1.82) is 0 Å². The summed E-state index contributed by atoms with van der Waals surface area (Å²) in [6, 6.07) is 11.5. The fourth-order valence-corrected chi connectivity index (χ4v) is 5.12. The van der Waals surface area contributed by atoms with Gasteiger partial charge in [-0.2, -0.15) is 0 Å². The van der Waals surface area contributed by atoms with E-state index in [1.165, 1.54) is 0 Å². The van der Waals surface area contributed by atoms with Crippen LogP contribution in [-0.4, -0.2) is 12.0 Å². The zero-order valence-corrected chi connectivity index (χ0v) is 18.1. The standard InChI is InChI=1S/C22H29O4P/c1-21(2,3)15-12-17-19(18(13-15)22(4,5)6)26-27(23,24)20(17)14-8-10-16(25-7)11-9-14/h8-13,20H,1-7H3,(H,23,24). The zero-order chi connectivity index (χ0) is 20.2. The molecule has 0 radical (unpaired) electrons. The number of ether oxygens (including phenoxy) is 1. The summed E-state index contributed by atoms with van der Waals surface area (Å²) >= 11 is 0. The maximum Gasteiger partial charge on any atom is 0.388 e. The summed E-state index contributed by atoms with van der Waals surface area (Å²) in [6.45, 7) is 12.7. The van der Waals surface area contributed by atoms with Gasteiger partial charge in [0.05, 0.1) is 7.11 Å². The predicted molar refractivity (Wildman–Crippen MR) is 109 cm³/mol. The van der Waals surface area contributed by atoms with Gasteiger partial charge < -0.3 is 14.2 Å². The van der Waals surface area contributed by atoms with E-state index >= 15 is 0 Å². The fraction of sp³-hybridized carbons (Fsp3) is 0.455. The molecule has 0 spiro atoms. The summed E-state index contributed by atoms with van der Waals surface area (Å²) in [5.74, 6) is 1.27. The minimum Gasteiger partial charge on any atom is -0.497 e. The molecule has 0 aliphatic carbocycles. The van der Waals surface area contributed by atoms with E-state index in [0.29, 0.717) is 11.5 Å². The van der Waals surface area contributed by atoms with Gasteiger partial charge in [-0.15, -0.1) is 0 Å². The Bertz CT molecular complexity index is 902. The normalized spacial score (nSPS) is 22.3. The molecule has 2 atom stereocenters. The van der Waals surface area contributed by atoms with Crippen LogP contribution >= 0.6 is 7.60 Å². The van der Waals surface area contributed by atoms with Crippen molar-refractivity contribution in [2.75, 3.05) is 7.11 Å². The second kappa shape index (κ2) is 6.39. The summed E-state index contributed by atoms with van der Waals surface area (Å²) in [4.78, 5) is 10.7. The molecule has 1 heterocycles. The number of fused-ring (bicyclic) bond motifs is 1. The maximum absolute atomic E-state index is 13.1. The highest BCUT2D eigenvalue weighted by Crippen LogP contribution is 2.68. The van der Waals surface area contributed by atoms with E-state index < -0.39 is 13.3 Å². The molecule has 1 N–H and O–H groups in total. The minimum atomic E-state index is -3.89. The third-order valence-electron chi connectivity index (χ3n) is 5.07. The Balaban J connectivity index is 2.27. The van der Waals surface area contributed by atoms with Gasteiger partial charge in [-0.3, -0.25) is 0 Å². The van der Waals surface area contributed by atoms with Gasteiger partial charge in [0, 0.05) is 11.1 Å². The van der Waals surface area contributed by atoms with E-state index in [1.807, 2.05) is 30.3 Å². The molecule has 1 aliphatic rings. The smallest absolute Gasteiger partial charge is 0.388 e. The molecule has 0 amide bonds. The maximum atomic E-state index is 13.1. The Morgan fingerprint density at radius 1 is 1.00 bits per heavy atom. The largest absolute Gasteiger partial charge is 0.497 e. The molecule has 0 saturated heterocycles. The van der Waals surface area contributed by atoms with Gasteiger partial charge in [0.1, 0.15) is 17.2 Å². The molecular weight excluding hydrogens is 359 g/mol. The van der Waals surface area contributed by atoms with Gasteiger partial charge in [0.25, 0.3) is 0 Å². The SMILES string of the molecule is COc1ccc(C2c3cc(C(C)(C)C)cc(C(C)(C)C)c3OP2(=O)O)cc1. The second-order valence-electron chi connectivity index (χ2n) is 9.27. The van der Waals surface area contributed by atoms with Crippen molar-refractivity contribution in [3.8, 4) is 11.5 Å². The highest BCUT2D eigenvalue weighted by Gasteiger charge is 2.47. The molecule has 0 bridgehead atoms. The van der Waals surface area contributed by atoms with Crippen molar-refractivity contribution in [3.63, 3.8) is 0 Å². The van der Waals surface area contributed by atoms with Gasteiger partial charge in [0.2, 0.25) is 0 Å².